The lowest BCUT2D eigenvalue weighted by Crippen LogP contribution is -2.44. The third kappa shape index (κ3) is 4.10. The van der Waals surface area contributed by atoms with Crippen molar-refractivity contribution in [2.45, 2.75) is 25.3 Å². The van der Waals surface area contributed by atoms with Crippen molar-refractivity contribution in [3.63, 3.8) is 0 Å². The van der Waals surface area contributed by atoms with Gasteiger partial charge in [0.1, 0.15) is 12.4 Å². The smallest absolute Gasteiger partial charge is 0.253 e. The SMILES string of the molecule is CN1CCC(=O)NCC(=O)N2CCCC2COc2cccc(c2)C1=O. The van der Waals surface area contributed by atoms with Crippen molar-refractivity contribution in [2.24, 2.45) is 0 Å². The van der Waals surface area contributed by atoms with Gasteiger partial charge in [0.15, 0.2) is 0 Å². The molecule has 0 aliphatic carbocycles. The van der Waals surface area contributed by atoms with E-state index in [4.69, 9.17) is 4.74 Å². The zero-order valence-electron chi connectivity index (χ0n) is 14.4. The van der Waals surface area contributed by atoms with E-state index in [0.717, 1.165) is 12.8 Å². The van der Waals surface area contributed by atoms with Crippen molar-refractivity contribution in [1.82, 2.24) is 15.1 Å². The molecule has 134 valence electrons. The van der Waals surface area contributed by atoms with Crippen molar-refractivity contribution in [2.75, 3.05) is 33.3 Å². The van der Waals surface area contributed by atoms with Gasteiger partial charge < -0.3 is 19.9 Å². The van der Waals surface area contributed by atoms with Crippen molar-refractivity contribution < 1.29 is 19.1 Å². The molecule has 1 unspecified atom stereocenters. The maximum absolute atomic E-state index is 12.5. The van der Waals surface area contributed by atoms with Crippen LogP contribution in [0.4, 0.5) is 0 Å². The Morgan fingerprint density at radius 1 is 1.20 bits per heavy atom. The second-order valence-corrected chi connectivity index (χ2v) is 6.48. The van der Waals surface area contributed by atoms with Gasteiger partial charge in [-0.3, -0.25) is 14.4 Å². The van der Waals surface area contributed by atoms with Crippen molar-refractivity contribution in [3.8, 4) is 5.75 Å². The standard InChI is InChI=1S/C18H23N3O4/c1-20-9-7-16(22)19-11-17(23)21-8-3-5-14(21)12-25-15-6-2-4-13(10-15)18(20)24/h2,4,6,10,14H,3,5,7-9,11-12H2,1H3,(H,19,22). The number of rotatable bonds is 0. The largest absolute Gasteiger partial charge is 0.491 e. The van der Waals surface area contributed by atoms with Gasteiger partial charge in [-0.15, -0.1) is 0 Å². The van der Waals surface area contributed by atoms with Gasteiger partial charge in [-0.2, -0.15) is 0 Å². The Bertz CT molecular complexity index is 676. The van der Waals surface area contributed by atoms with Gasteiger partial charge in [-0.25, -0.2) is 0 Å². The average Bonchev–Trinajstić information content (AvgIpc) is 3.10. The highest BCUT2D eigenvalue weighted by atomic mass is 16.5. The summed E-state index contributed by atoms with van der Waals surface area (Å²) in [6.07, 6.45) is 1.97. The van der Waals surface area contributed by atoms with E-state index >= 15 is 0 Å². The summed E-state index contributed by atoms with van der Waals surface area (Å²) in [5.74, 6) is 0.130. The number of fused-ring (bicyclic) bond motifs is 3. The molecule has 3 rings (SSSR count). The third-order valence-corrected chi connectivity index (χ3v) is 4.68. The minimum Gasteiger partial charge on any atom is -0.491 e. The molecule has 0 aromatic heterocycles. The lowest BCUT2D eigenvalue weighted by Gasteiger charge is -2.25. The molecule has 0 spiro atoms. The van der Waals surface area contributed by atoms with Gasteiger partial charge in [0.2, 0.25) is 11.8 Å². The summed E-state index contributed by atoms with van der Waals surface area (Å²) in [7, 11) is 1.66. The highest BCUT2D eigenvalue weighted by Gasteiger charge is 2.29. The quantitative estimate of drug-likeness (QED) is 0.749. The lowest BCUT2D eigenvalue weighted by atomic mass is 10.2. The Balaban J connectivity index is 1.82. The molecule has 2 aliphatic rings. The van der Waals surface area contributed by atoms with Crippen LogP contribution in [0.1, 0.15) is 29.6 Å². The average molecular weight is 345 g/mol. The van der Waals surface area contributed by atoms with Gasteiger partial charge >= 0.3 is 0 Å². The number of hydrogen-bond acceptors (Lipinski definition) is 4. The molecule has 25 heavy (non-hydrogen) atoms. The molecule has 2 heterocycles. The molecule has 2 bridgehead atoms. The number of amides is 3. The van der Waals surface area contributed by atoms with Crippen LogP contribution in [0, 0.1) is 0 Å². The Morgan fingerprint density at radius 3 is 2.88 bits per heavy atom. The first-order chi connectivity index (χ1) is 12.0. The zero-order valence-corrected chi connectivity index (χ0v) is 14.4. The molecule has 0 saturated carbocycles. The van der Waals surface area contributed by atoms with Crippen molar-refractivity contribution in [3.05, 3.63) is 29.8 Å². The van der Waals surface area contributed by atoms with Crippen LogP contribution < -0.4 is 10.1 Å². The molecule has 3 amide bonds. The number of nitrogens with zero attached hydrogens (tertiary/aromatic N) is 2. The Hall–Kier alpha value is -2.57. The summed E-state index contributed by atoms with van der Waals surface area (Å²) in [5, 5.41) is 2.65. The second kappa shape index (κ2) is 7.55. The molecule has 7 nitrogen and oxygen atoms in total. The Morgan fingerprint density at radius 2 is 2.04 bits per heavy atom. The van der Waals surface area contributed by atoms with Gasteiger partial charge in [-0.05, 0) is 31.0 Å². The highest BCUT2D eigenvalue weighted by Crippen LogP contribution is 2.20. The monoisotopic (exact) mass is 345 g/mol. The van der Waals surface area contributed by atoms with E-state index in [1.165, 1.54) is 4.90 Å². The Labute approximate surface area is 146 Å². The lowest BCUT2D eigenvalue weighted by molar-refractivity contribution is -0.134. The minimum atomic E-state index is -0.233. The summed E-state index contributed by atoms with van der Waals surface area (Å²) in [5.41, 5.74) is 0.523. The zero-order chi connectivity index (χ0) is 17.8. The van der Waals surface area contributed by atoms with E-state index in [9.17, 15) is 14.4 Å². The van der Waals surface area contributed by atoms with E-state index in [2.05, 4.69) is 5.32 Å². The number of ether oxygens (including phenoxy) is 1. The van der Waals surface area contributed by atoms with Crippen LogP contribution in [0.5, 0.6) is 5.75 Å². The minimum absolute atomic E-state index is 0.00318. The molecule has 1 aromatic rings. The van der Waals surface area contributed by atoms with E-state index in [-0.39, 0.29) is 43.3 Å². The predicted octanol–water partition coefficient (Wildman–Crippen LogP) is 0.648. The molecular formula is C18H23N3O4. The fourth-order valence-corrected chi connectivity index (χ4v) is 3.20. The number of benzene rings is 1. The topological polar surface area (TPSA) is 79.0 Å². The van der Waals surface area contributed by atoms with Gasteiger partial charge in [0.05, 0.1) is 12.6 Å². The van der Waals surface area contributed by atoms with E-state index in [1.54, 1.807) is 36.2 Å². The number of carbonyl (C=O) groups excluding carboxylic acids is 3. The van der Waals surface area contributed by atoms with E-state index in [1.807, 2.05) is 0 Å². The summed E-state index contributed by atoms with van der Waals surface area (Å²) < 4.78 is 5.84. The molecule has 2 aliphatic heterocycles. The van der Waals surface area contributed by atoms with Crippen molar-refractivity contribution >= 4 is 17.7 Å². The van der Waals surface area contributed by atoms with E-state index < -0.39 is 0 Å². The summed E-state index contributed by atoms with van der Waals surface area (Å²) in [6.45, 7) is 1.34. The first-order valence-electron chi connectivity index (χ1n) is 8.59. The van der Waals surface area contributed by atoms with Crippen LogP contribution in [0.3, 0.4) is 0 Å². The molecule has 1 N–H and O–H groups in total. The fourth-order valence-electron chi connectivity index (χ4n) is 3.20. The van der Waals surface area contributed by atoms with Crippen LogP contribution >= 0.6 is 0 Å². The summed E-state index contributed by atoms with van der Waals surface area (Å²) in [6, 6.07) is 7.02. The molecule has 1 fully saturated rings. The molecule has 1 aromatic carbocycles. The first kappa shape index (κ1) is 17.3. The third-order valence-electron chi connectivity index (χ3n) is 4.68. The maximum Gasteiger partial charge on any atom is 0.253 e. The number of hydrogen-bond donors (Lipinski definition) is 1. The number of nitrogens with one attached hydrogen (secondary N) is 1. The molecule has 1 atom stereocenters. The molecule has 0 radical (unpaired) electrons. The van der Waals surface area contributed by atoms with Gasteiger partial charge in [0.25, 0.3) is 5.91 Å². The van der Waals surface area contributed by atoms with Crippen LogP contribution in [-0.4, -0.2) is 66.9 Å². The maximum atomic E-state index is 12.5. The van der Waals surface area contributed by atoms with Crippen LogP contribution in [-0.2, 0) is 9.59 Å². The van der Waals surface area contributed by atoms with E-state index in [0.29, 0.717) is 24.5 Å². The summed E-state index contributed by atoms with van der Waals surface area (Å²) in [4.78, 5) is 40.0. The molecule has 1 saturated heterocycles. The highest BCUT2D eigenvalue weighted by molar-refractivity contribution is 5.94. The van der Waals surface area contributed by atoms with Crippen molar-refractivity contribution in [1.29, 1.82) is 0 Å². The van der Waals surface area contributed by atoms with Crippen LogP contribution in [0.15, 0.2) is 24.3 Å². The predicted molar refractivity (Wildman–Crippen MR) is 91.3 cm³/mol. The normalized spacial score (nSPS) is 22.6. The van der Waals surface area contributed by atoms with Gasteiger partial charge in [-0.1, -0.05) is 6.07 Å². The summed E-state index contributed by atoms with van der Waals surface area (Å²) >= 11 is 0. The number of carbonyl (C=O) groups is 3. The fraction of sp³-hybridized carbons (Fsp3) is 0.500. The molecular weight excluding hydrogens is 322 g/mol. The van der Waals surface area contributed by atoms with Gasteiger partial charge in [0, 0.05) is 32.1 Å². The van der Waals surface area contributed by atoms with Crippen LogP contribution in [0.25, 0.3) is 0 Å². The first-order valence-corrected chi connectivity index (χ1v) is 8.59. The van der Waals surface area contributed by atoms with Crippen LogP contribution in [0.2, 0.25) is 0 Å². The Kier molecular flexibility index (Phi) is 5.21. The molecule has 7 heteroatoms. The second-order valence-electron chi connectivity index (χ2n) is 6.48.